The summed E-state index contributed by atoms with van der Waals surface area (Å²) >= 11 is 5.61. The Morgan fingerprint density at radius 1 is 1.29 bits per heavy atom. The minimum absolute atomic E-state index is 0.567. The summed E-state index contributed by atoms with van der Waals surface area (Å²) in [5.41, 5.74) is 1.38. The van der Waals surface area contributed by atoms with Crippen molar-refractivity contribution in [3.8, 4) is 0 Å². The molecule has 1 heterocycles. The summed E-state index contributed by atoms with van der Waals surface area (Å²) in [6.45, 7) is 7.81. The second-order valence-corrected chi connectivity index (χ2v) is 8.97. The number of nitrogens with one attached hydrogen (secondary N) is 1. The van der Waals surface area contributed by atoms with Gasteiger partial charge in [-0.2, -0.15) is 0 Å². The molecule has 0 radical (unpaired) electrons. The van der Waals surface area contributed by atoms with E-state index in [4.69, 9.17) is 0 Å². The second kappa shape index (κ2) is 8.69. The molecule has 1 nitrogen and oxygen atoms in total. The first-order chi connectivity index (χ1) is 10.2. The zero-order valence-electron chi connectivity index (χ0n) is 13.8. The van der Waals surface area contributed by atoms with Crippen molar-refractivity contribution in [3.05, 3.63) is 20.3 Å². The molecule has 1 saturated carbocycles. The van der Waals surface area contributed by atoms with Crippen molar-refractivity contribution < 1.29 is 0 Å². The van der Waals surface area contributed by atoms with Gasteiger partial charge in [-0.1, -0.05) is 46.0 Å². The van der Waals surface area contributed by atoms with E-state index in [1.54, 1.807) is 0 Å². The molecule has 0 saturated heterocycles. The van der Waals surface area contributed by atoms with Crippen LogP contribution in [0.4, 0.5) is 0 Å². The summed E-state index contributed by atoms with van der Waals surface area (Å²) in [6, 6.07) is 2.95. The molecule has 1 atom stereocenters. The van der Waals surface area contributed by atoms with Crippen LogP contribution in [0.1, 0.15) is 75.3 Å². The molecule has 1 unspecified atom stereocenters. The summed E-state index contributed by atoms with van der Waals surface area (Å²) in [7, 11) is 0. The lowest BCUT2D eigenvalue weighted by molar-refractivity contribution is 0.216. The van der Waals surface area contributed by atoms with Gasteiger partial charge < -0.3 is 5.32 Å². The predicted octanol–water partition coefficient (Wildman–Crippen LogP) is 6.47. The number of thiophene rings is 1. The molecular formula is C18H30BrNS. The molecule has 1 aromatic rings. The van der Waals surface area contributed by atoms with Gasteiger partial charge >= 0.3 is 0 Å². The summed E-state index contributed by atoms with van der Waals surface area (Å²) in [4.78, 5) is 1.53. The molecule has 1 aliphatic carbocycles. The van der Waals surface area contributed by atoms with Crippen molar-refractivity contribution in [2.75, 3.05) is 6.54 Å². The molecule has 1 fully saturated rings. The topological polar surface area (TPSA) is 12.0 Å². The fourth-order valence-corrected chi connectivity index (χ4v) is 5.40. The summed E-state index contributed by atoms with van der Waals surface area (Å²) in [5, 5.41) is 3.76. The van der Waals surface area contributed by atoms with Crippen molar-refractivity contribution in [2.45, 2.75) is 71.8 Å². The lowest BCUT2D eigenvalue weighted by atomic mass is 9.76. The molecule has 0 bridgehead atoms. The Bertz CT molecular complexity index is 401. The molecule has 3 heteroatoms. The molecule has 2 rings (SSSR count). The quantitative estimate of drug-likeness (QED) is 0.579. The van der Waals surface area contributed by atoms with E-state index in [0.29, 0.717) is 6.04 Å². The SMILES string of the molecule is CCCCC1CCC(C(NCC)c2cc(C)c(Br)s2)CC1. The molecule has 21 heavy (non-hydrogen) atoms. The third kappa shape index (κ3) is 4.80. The van der Waals surface area contributed by atoms with Gasteiger partial charge in [0.1, 0.15) is 0 Å². The summed E-state index contributed by atoms with van der Waals surface area (Å²) in [6.07, 6.45) is 9.92. The van der Waals surface area contributed by atoms with Crippen LogP contribution in [-0.2, 0) is 0 Å². The molecular weight excluding hydrogens is 342 g/mol. The number of rotatable bonds is 7. The predicted molar refractivity (Wildman–Crippen MR) is 98.1 cm³/mol. The van der Waals surface area contributed by atoms with Gasteiger partial charge in [0.15, 0.2) is 0 Å². The molecule has 1 N–H and O–H groups in total. The van der Waals surface area contributed by atoms with Gasteiger partial charge in [-0.05, 0) is 65.7 Å². The molecule has 0 amide bonds. The Morgan fingerprint density at radius 2 is 2.00 bits per heavy atom. The average Bonchev–Trinajstić information content (AvgIpc) is 2.82. The molecule has 0 aliphatic heterocycles. The smallest absolute Gasteiger partial charge is 0.0731 e. The van der Waals surface area contributed by atoms with Crippen LogP contribution in [0.2, 0.25) is 0 Å². The lowest BCUT2D eigenvalue weighted by Crippen LogP contribution is -2.30. The normalized spacial score (nSPS) is 24.2. The average molecular weight is 372 g/mol. The van der Waals surface area contributed by atoms with E-state index in [1.807, 2.05) is 11.3 Å². The zero-order valence-corrected chi connectivity index (χ0v) is 16.2. The van der Waals surface area contributed by atoms with Gasteiger partial charge in [0.05, 0.1) is 3.79 Å². The third-order valence-electron chi connectivity index (χ3n) is 4.94. The minimum Gasteiger partial charge on any atom is -0.309 e. The first-order valence-electron chi connectivity index (χ1n) is 8.64. The fourth-order valence-electron chi connectivity index (χ4n) is 3.66. The van der Waals surface area contributed by atoms with Crippen LogP contribution in [0.5, 0.6) is 0 Å². The van der Waals surface area contributed by atoms with Gasteiger partial charge in [0, 0.05) is 10.9 Å². The van der Waals surface area contributed by atoms with Gasteiger partial charge in [0.25, 0.3) is 0 Å². The maximum absolute atomic E-state index is 3.76. The number of unbranched alkanes of at least 4 members (excludes halogenated alkanes) is 1. The van der Waals surface area contributed by atoms with Crippen molar-refractivity contribution in [3.63, 3.8) is 0 Å². The van der Waals surface area contributed by atoms with Crippen LogP contribution in [0, 0.1) is 18.8 Å². The van der Waals surface area contributed by atoms with E-state index in [0.717, 1.165) is 18.4 Å². The van der Waals surface area contributed by atoms with Gasteiger partial charge in [-0.15, -0.1) is 11.3 Å². The Hall–Kier alpha value is 0.140. The summed E-state index contributed by atoms with van der Waals surface area (Å²) < 4.78 is 1.30. The van der Waals surface area contributed by atoms with E-state index in [2.05, 4.69) is 48.1 Å². The molecule has 1 aliphatic rings. The van der Waals surface area contributed by atoms with E-state index in [9.17, 15) is 0 Å². The number of aryl methyl sites for hydroxylation is 1. The number of halogens is 1. The van der Waals surface area contributed by atoms with Gasteiger partial charge in [-0.3, -0.25) is 0 Å². The van der Waals surface area contributed by atoms with Crippen molar-refractivity contribution in [2.24, 2.45) is 11.8 Å². The Kier molecular flexibility index (Phi) is 7.24. The minimum atomic E-state index is 0.567. The highest BCUT2D eigenvalue weighted by Crippen LogP contribution is 2.41. The van der Waals surface area contributed by atoms with Crippen LogP contribution in [0.15, 0.2) is 9.85 Å². The molecule has 0 aromatic carbocycles. The maximum atomic E-state index is 3.76. The van der Waals surface area contributed by atoms with E-state index < -0.39 is 0 Å². The molecule has 0 spiro atoms. The molecule has 1 aromatic heterocycles. The summed E-state index contributed by atoms with van der Waals surface area (Å²) in [5.74, 6) is 1.83. The van der Waals surface area contributed by atoms with Crippen LogP contribution >= 0.6 is 27.3 Å². The van der Waals surface area contributed by atoms with E-state index in [1.165, 1.54) is 59.2 Å². The van der Waals surface area contributed by atoms with Crippen molar-refractivity contribution in [1.29, 1.82) is 0 Å². The largest absolute Gasteiger partial charge is 0.309 e. The monoisotopic (exact) mass is 371 g/mol. The first kappa shape index (κ1) is 17.5. The van der Waals surface area contributed by atoms with E-state index >= 15 is 0 Å². The lowest BCUT2D eigenvalue weighted by Gasteiger charge is -2.34. The zero-order chi connectivity index (χ0) is 15.2. The highest BCUT2D eigenvalue weighted by molar-refractivity contribution is 9.11. The maximum Gasteiger partial charge on any atom is 0.0731 e. The highest BCUT2D eigenvalue weighted by Gasteiger charge is 2.29. The van der Waals surface area contributed by atoms with Crippen molar-refractivity contribution >= 4 is 27.3 Å². The molecule has 120 valence electrons. The Morgan fingerprint density at radius 3 is 2.52 bits per heavy atom. The van der Waals surface area contributed by atoms with Crippen LogP contribution in [0.3, 0.4) is 0 Å². The Labute approximate surface area is 143 Å². The van der Waals surface area contributed by atoms with Crippen LogP contribution in [-0.4, -0.2) is 6.54 Å². The standard InChI is InChI=1S/C18H30BrNS/c1-4-6-7-14-8-10-15(11-9-14)17(20-5-2)16-12-13(3)18(19)21-16/h12,14-15,17,20H,4-11H2,1-3H3. The van der Waals surface area contributed by atoms with Gasteiger partial charge in [-0.25, -0.2) is 0 Å². The second-order valence-electron chi connectivity index (χ2n) is 6.56. The highest BCUT2D eigenvalue weighted by atomic mass is 79.9. The first-order valence-corrected chi connectivity index (χ1v) is 10.3. The van der Waals surface area contributed by atoms with Crippen LogP contribution in [0.25, 0.3) is 0 Å². The van der Waals surface area contributed by atoms with Gasteiger partial charge in [0.2, 0.25) is 0 Å². The Balaban J connectivity index is 1.97. The third-order valence-corrected chi connectivity index (χ3v) is 7.16. The number of hydrogen-bond donors (Lipinski definition) is 1. The van der Waals surface area contributed by atoms with Crippen molar-refractivity contribution in [1.82, 2.24) is 5.32 Å². The van der Waals surface area contributed by atoms with Crippen LogP contribution < -0.4 is 5.32 Å². The fraction of sp³-hybridized carbons (Fsp3) is 0.778. The van der Waals surface area contributed by atoms with E-state index in [-0.39, 0.29) is 0 Å². The number of hydrogen-bond acceptors (Lipinski definition) is 2.